The molecular formula is C39H34FNO10S4. The number of nitrogens with zero attached hydrogens (tertiary/aromatic N) is 1. The number of hydrogen-bond donors (Lipinski definition) is 0. The molecule has 1 aromatic heterocycles. The van der Waals surface area contributed by atoms with Crippen molar-refractivity contribution in [3.63, 3.8) is 0 Å². The number of carbonyl (C=O) groups is 3. The molecule has 1 aliphatic carbocycles. The van der Waals surface area contributed by atoms with Crippen LogP contribution in [0.25, 0.3) is 11.6 Å². The van der Waals surface area contributed by atoms with Gasteiger partial charge in [-0.05, 0) is 110 Å². The predicted octanol–water partition coefficient (Wildman–Crippen LogP) is 9.19. The van der Waals surface area contributed by atoms with E-state index in [-0.39, 0.29) is 54.6 Å². The fraction of sp³-hybridized carbons (Fsp3) is 0.231. The number of ether oxygens (including phenoxy) is 3. The van der Waals surface area contributed by atoms with Crippen LogP contribution >= 0.6 is 32.9 Å². The first kappa shape index (κ1) is 41.0. The van der Waals surface area contributed by atoms with Gasteiger partial charge in [-0.3, -0.25) is 13.8 Å². The Bertz CT molecular complexity index is 2290. The molecule has 3 aromatic carbocycles. The SMILES string of the molecule is CC1=C(CC(=O)Oc2ccc(OC(=O)CCCO[N+](=O)[O-])c(C(=O)O/C(C)=C/C=C/c3cc(=S)ss3)c2)c2cc(F)ccc2C1Cc1ccc(S(C)=O)cc1. The van der Waals surface area contributed by atoms with E-state index in [9.17, 15) is 33.1 Å². The molecule has 286 valence electrons. The molecule has 0 bridgehead atoms. The van der Waals surface area contributed by atoms with Gasteiger partial charge in [0.25, 0.3) is 5.09 Å². The van der Waals surface area contributed by atoms with Gasteiger partial charge in [0, 0.05) is 39.2 Å². The first-order valence-corrected chi connectivity index (χ1v) is 20.8. The molecule has 11 nitrogen and oxygen atoms in total. The quantitative estimate of drug-likeness (QED) is 0.0123. The van der Waals surface area contributed by atoms with E-state index in [4.69, 9.17) is 26.4 Å². The average molecular weight is 824 g/mol. The zero-order chi connectivity index (χ0) is 39.6. The van der Waals surface area contributed by atoms with Crippen LogP contribution in [-0.4, -0.2) is 40.1 Å². The summed E-state index contributed by atoms with van der Waals surface area (Å²) in [5.74, 6) is -3.02. The number of carbonyl (C=O) groups excluding carboxylic acids is 3. The van der Waals surface area contributed by atoms with Gasteiger partial charge in [0.2, 0.25) is 0 Å². The Morgan fingerprint density at radius 1 is 1.02 bits per heavy atom. The van der Waals surface area contributed by atoms with Crippen LogP contribution in [-0.2, 0) is 36.4 Å². The van der Waals surface area contributed by atoms with Crippen molar-refractivity contribution >= 4 is 73.3 Å². The second-order valence-corrected chi connectivity index (χ2v) is 16.6. The Balaban J connectivity index is 1.35. The molecule has 5 rings (SSSR count). The number of fused-ring (bicyclic) bond motifs is 1. The maximum absolute atomic E-state index is 14.5. The molecule has 55 heavy (non-hydrogen) atoms. The van der Waals surface area contributed by atoms with Gasteiger partial charge in [-0.2, -0.15) is 0 Å². The molecule has 1 heterocycles. The molecular weight excluding hydrogens is 790 g/mol. The highest BCUT2D eigenvalue weighted by atomic mass is 32.9. The van der Waals surface area contributed by atoms with E-state index < -0.39 is 39.6 Å². The summed E-state index contributed by atoms with van der Waals surface area (Å²) in [7, 11) is 1.84. The molecule has 4 aromatic rings. The van der Waals surface area contributed by atoms with Crippen LogP contribution in [0.5, 0.6) is 11.5 Å². The number of halogens is 1. The first-order chi connectivity index (χ1) is 26.3. The predicted molar refractivity (Wildman–Crippen MR) is 210 cm³/mol. The fourth-order valence-corrected chi connectivity index (χ4v) is 8.55. The zero-order valence-corrected chi connectivity index (χ0v) is 33.0. The van der Waals surface area contributed by atoms with Gasteiger partial charge in [0.15, 0.2) is 0 Å². The summed E-state index contributed by atoms with van der Waals surface area (Å²) in [6, 6.07) is 17.6. The maximum atomic E-state index is 14.5. The number of esters is 3. The number of hydrogen-bond acceptors (Lipinski definition) is 13. The second-order valence-electron chi connectivity index (χ2n) is 12.2. The van der Waals surface area contributed by atoms with Gasteiger partial charge < -0.3 is 19.0 Å². The standard InChI is InChI=1S/C39H34FNO10S4/c1-23(6-4-7-28-21-38(52)54-53-28)49-39(44)34-20-27(12-16-35(34)51-36(42)8-5-17-48-41(45)46)50-37(43)22-32-24(2)31(30-15-11-26(40)19-33(30)32)18-25-9-13-29(14-10-25)55(3)47/h4,6-7,9-16,19-21,31H,5,8,17-18,22H2,1-3H3/b7-4+,23-6+. The third-order valence-electron chi connectivity index (χ3n) is 8.40. The lowest BCUT2D eigenvalue weighted by molar-refractivity contribution is -0.757. The topological polar surface area (TPSA) is 148 Å². The van der Waals surface area contributed by atoms with Crippen molar-refractivity contribution in [1.29, 1.82) is 0 Å². The minimum atomic E-state index is -1.12. The fourth-order valence-electron chi connectivity index (χ4n) is 5.81. The highest BCUT2D eigenvalue weighted by molar-refractivity contribution is 7.84. The summed E-state index contributed by atoms with van der Waals surface area (Å²) >= 11 is 5.15. The maximum Gasteiger partial charge on any atom is 0.347 e. The molecule has 2 atom stereocenters. The van der Waals surface area contributed by atoms with Gasteiger partial charge >= 0.3 is 17.9 Å². The lowest BCUT2D eigenvalue weighted by Crippen LogP contribution is -2.14. The van der Waals surface area contributed by atoms with Crippen LogP contribution in [0, 0.1) is 19.8 Å². The smallest absolute Gasteiger partial charge is 0.347 e. The van der Waals surface area contributed by atoms with E-state index in [1.54, 1.807) is 37.5 Å². The molecule has 0 aliphatic heterocycles. The molecule has 0 saturated heterocycles. The Morgan fingerprint density at radius 2 is 1.78 bits per heavy atom. The van der Waals surface area contributed by atoms with E-state index in [1.165, 1.54) is 51.0 Å². The molecule has 0 N–H and O–H groups in total. The van der Waals surface area contributed by atoms with E-state index in [2.05, 4.69) is 4.84 Å². The van der Waals surface area contributed by atoms with Crippen molar-refractivity contribution in [3.05, 3.63) is 137 Å². The van der Waals surface area contributed by atoms with E-state index >= 15 is 0 Å². The third kappa shape index (κ3) is 11.4. The Kier molecular flexibility index (Phi) is 14.1. The Labute approximate surface area is 330 Å². The number of allylic oxidation sites excluding steroid dienone is 4. The summed E-state index contributed by atoms with van der Waals surface area (Å²) in [5.41, 5.74) is 3.71. The molecule has 0 fully saturated rings. The first-order valence-electron chi connectivity index (χ1n) is 16.7. The van der Waals surface area contributed by atoms with Gasteiger partial charge in [-0.15, -0.1) is 10.1 Å². The highest BCUT2D eigenvalue weighted by Gasteiger charge is 2.31. The second kappa shape index (κ2) is 18.9. The third-order valence-corrected chi connectivity index (χ3v) is 12.2. The van der Waals surface area contributed by atoms with Crippen molar-refractivity contribution in [1.82, 2.24) is 0 Å². The lowest BCUT2D eigenvalue weighted by atomic mass is 9.90. The average Bonchev–Trinajstić information content (AvgIpc) is 3.66. The zero-order valence-electron chi connectivity index (χ0n) is 29.7. The van der Waals surface area contributed by atoms with Crippen LogP contribution in [0.1, 0.15) is 71.0 Å². The van der Waals surface area contributed by atoms with Gasteiger partial charge in [0.1, 0.15) is 32.5 Å². The van der Waals surface area contributed by atoms with Gasteiger partial charge in [0.05, 0.1) is 13.0 Å². The minimum absolute atomic E-state index is 0.0160. The molecule has 2 unspecified atom stereocenters. The van der Waals surface area contributed by atoms with Crippen molar-refractivity contribution in [2.45, 2.75) is 50.3 Å². The van der Waals surface area contributed by atoms with E-state index in [0.29, 0.717) is 22.5 Å². The summed E-state index contributed by atoms with van der Waals surface area (Å²) in [6.45, 7) is 3.12. The molecule has 0 radical (unpaired) electrons. The summed E-state index contributed by atoms with van der Waals surface area (Å²) in [5, 5.41) is 9.45. The molecule has 0 spiro atoms. The van der Waals surface area contributed by atoms with Gasteiger partial charge in [-0.25, -0.2) is 9.18 Å². The molecule has 16 heteroatoms. The summed E-state index contributed by atoms with van der Waals surface area (Å²) in [6.07, 6.45) is 6.75. The number of rotatable bonds is 16. The van der Waals surface area contributed by atoms with E-state index in [0.717, 1.165) is 25.4 Å². The Hall–Kier alpha value is -5.16. The highest BCUT2D eigenvalue weighted by Crippen LogP contribution is 2.45. The minimum Gasteiger partial charge on any atom is -0.428 e. The molecule has 0 saturated carbocycles. The van der Waals surface area contributed by atoms with Gasteiger partial charge in [-0.1, -0.05) is 62.7 Å². The molecule has 1 aliphatic rings. The van der Waals surface area contributed by atoms with Crippen LogP contribution < -0.4 is 9.47 Å². The van der Waals surface area contributed by atoms with E-state index in [1.807, 2.05) is 37.3 Å². The van der Waals surface area contributed by atoms with Crippen LogP contribution in [0.15, 0.2) is 95.1 Å². The largest absolute Gasteiger partial charge is 0.428 e. The monoisotopic (exact) mass is 823 g/mol. The van der Waals surface area contributed by atoms with Crippen molar-refractivity contribution in [2.24, 2.45) is 0 Å². The van der Waals surface area contributed by atoms with Crippen molar-refractivity contribution in [2.75, 3.05) is 12.9 Å². The van der Waals surface area contributed by atoms with Crippen LogP contribution in [0.3, 0.4) is 0 Å². The molecule has 0 amide bonds. The summed E-state index contributed by atoms with van der Waals surface area (Å²) in [4.78, 5) is 55.7. The normalized spacial score (nSPS) is 14.4. The lowest BCUT2D eigenvalue weighted by Gasteiger charge is -2.15. The van der Waals surface area contributed by atoms with Crippen molar-refractivity contribution in [3.8, 4) is 11.5 Å². The number of benzene rings is 3. The van der Waals surface area contributed by atoms with Crippen molar-refractivity contribution < 1.29 is 47.1 Å². The summed E-state index contributed by atoms with van der Waals surface area (Å²) < 4.78 is 43.7. The van der Waals surface area contributed by atoms with Crippen LogP contribution in [0.2, 0.25) is 0 Å². The Morgan fingerprint density at radius 3 is 2.47 bits per heavy atom. The van der Waals surface area contributed by atoms with Crippen LogP contribution in [0.4, 0.5) is 4.39 Å².